The third-order valence-corrected chi connectivity index (χ3v) is 3.52. The number of nitrogens with one attached hydrogen (secondary N) is 3. The van der Waals surface area contributed by atoms with Gasteiger partial charge < -0.3 is 25.4 Å². The quantitative estimate of drug-likeness (QED) is 0.608. The number of ether oxygens (including phenoxy) is 2. The van der Waals surface area contributed by atoms with E-state index < -0.39 is 35.8 Å². The summed E-state index contributed by atoms with van der Waals surface area (Å²) in [6.45, 7) is 6.56. The zero-order chi connectivity index (χ0) is 23.2. The molecule has 168 valence electrons. The first kappa shape index (κ1) is 23.8. The second kappa shape index (κ2) is 9.54. The van der Waals surface area contributed by atoms with E-state index in [1.54, 1.807) is 32.9 Å². The van der Waals surface area contributed by atoms with Crippen molar-refractivity contribution in [2.24, 2.45) is 0 Å². The first-order valence-electron chi connectivity index (χ1n) is 9.20. The number of carbonyl (C=O) groups is 2. The minimum Gasteiger partial charge on any atom is -0.444 e. The summed E-state index contributed by atoms with van der Waals surface area (Å²) in [7, 11) is 0. The SMILES string of the molecule is CC(NC(=O)OC(C)(C)C)C(=O)Nc1cccnc1Nc1cccc(OC(F)(F)F)c1. The molecule has 31 heavy (non-hydrogen) atoms. The number of alkyl halides is 3. The number of aromatic nitrogens is 1. The van der Waals surface area contributed by atoms with Gasteiger partial charge in [-0.3, -0.25) is 4.79 Å². The van der Waals surface area contributed by atoms with E-state index in [-0.39, 0.29) is 17.2 Å². The molecule has 11 heteroatoms. The number of anilines is 3. The number of carbonyl (C=O) groups excluding carboxylic acids is 2. The van der Waals surface area contributed by atoms with E-state index in [4.69, 9.17) is 4.74 Å². The van der Waals surface area contributed by atoms with Gasteiger partial charge in [-0.1, -0.05) is 6.07 Å². The summed E-state index contributed by atoms with van der Waals surface area (Å²) in [6.07, 6.45) is -4.13. The van der Waals surface area contributed by atoms with Gasteiger partial charge in [-0.25, -0.2) is 9.78 Å². The van der Waals surface area contributed by atoms with Crippen molar-refractivity contribution in [2.45, 2.75) is 45.7 Å². The Kier molecular flexibility index (Phi) is 7.32. The largest absolute Gasteiger partial charge is 0.573 e. The standard InChI is InChI=1S/C20H23F3N4O4/c1-12(25-18(29)31-19(2,3)4)17(28)27-15-9-6-10-24-16(15)26-13-7-5-8-14(11-13)30-20(21,22)23/h5-12H,1-4H3,(H,24,26)(H,25,29)(H,27,28). The van der Waals surface area contributed by atoms with Gasteiger partial charge in [0.05, 0.1) is 5.69 Å². The number of rotatable bonds is 6. The van der Waals surface area contributed by atoms with Crippen LogP contribution in [0.3, 0.4) is 0 Å². The minimum atomic E-state index is -4.82. The van der Waals surface area contributed by atoms with Gasteiger partial charge in [-0.2, -0.15) is 0 Å². The van der Waals surface area contributed by atoms with Crippen molar-refractivity contribution in [3.05, 3.63) is 42.6 Å². The van der Waals surface area contributed by atoms with Crippen molar-refractivity contribution in [1.82, 2.24) is 10.3 Å². The predicted octanol–water partition coefficient (Wildman–Crippen LogP) is 4.58. The molecule has 1 heterocycles. The molecule has 2 rings (SSSR count). The second-order valence-electron chi connectivity index (χ2n) is 7.46. The Balaban J connectivity index is 2.08. The summed E-state index contributed by atoms with van der Waals surface area (Å²) in [4.78, 5) is 28.4. The average molecular weight is 440 g/mol. The van der Waals surface area contributed by atoms with Crippen LogP contribution in [0.4, 0.5) is 35.2 Å². The van der Waals surface area contributed by atoms with Gasteiger partial charge in [0.15, 0.2) is 5.82 Å². The smallest absolute Gasteiger partial charge is 0.444 e. The van der Waals surface area contributed by atoms with Crippen LogP contribution in [0.15, 0.2) is 42.6 Å². The summed E-state index contributed by atoms with van der Waals surface area (Å²) in [5.41, 5.74) is -0.200. The summed E-state index contributed by atoms with van der Waals surface area (Å²) in [5, 5.41) is 7.85. The summed E-state index contributed by atoms with van der Waals surface area (Å²) in [5.74, 6) is -0.769. The van der Waals surface area contributed by atoms with Crippen molar-refractivity contribution in [2.75, 3.05) is 10.6 Å². The number of amides is 2. The van der Waals surface area contributed by atoms with Crippen LogP contribution in [0.1, 0.15) is 27.7 Å². The van der Waals surface area contributed by atoms with E-state index in [0.29, 0.717) is 0 Å². The molecule has 1 unspecified atom stereocenters. The topological polar surface area (TPSA) is 102 Å². The lowest BCUT2D eigenvalue weighted by molar-refractivity contribution is -0.274. The number of benzene rings is 1. The molecular weight excluding hydrogens is 417 g/mol. The average Bonchev–Trinajstić information content (AvgIpc) is 2.60. The van der Waals surface area contributed by atoms with E-state index in [0.717, 1.165) is 12.1 Å². The molecule has 0 saturated carbocycles. The Hall–Kier alpha value is -3.50. The Bertz CT molecular complexity index is 929. The fourth-order valence-electron chi connectivity index (χ4n) is 2.30. The van der Waals surface area contributed by atoms with Crippen LogP contribution in [0.2, 0.25) is 0 Å². The molecule has 0 fully saturated rings. The number of nitrogens with zero attached hydrogens (tertiary/aromatic N) is 1. The molecular formula is C20H23F3N4O4. The number of alkyl carbamates (subject to hydrolysis) is 1. The van der Waals surface area contributed by atoms with E-state index in [1.165, 1.54) is 25.3 Å². The van der Waals surface area contributed by atoms with Gasteiger partial charge in [0, 0.05) is 18.0 Å². The second-order valence-corrected chi connectivity index (χ2v) is 7.46. The van der Waals surface area contributed by atoms with Crippen molar-refractivity contribution in [1.29, 1.82) is 0 Å². The molecule has 0 bridgehead atoms. The van der Waals surface area contributed by atoms with Crippen LogP contribution >= 0.6 is 0 Å². The van der Waals surface area contributed by atoms with Crippen LogP contribution < -0.4 is 20.7 Å². The number of hydrogen-bond donors (Lipinski definition) is 3. The fourth-order valence-corrected chi connectivity index (χ4v) is 2.30. The first-order chi connectivity index (χ1) is 14.3. The molecule has 3 N–H and O–H groups in total. The lowest BCUT2D eigenvalue weighted by Gasteiger charge is -2.22. The molecule has 0 saturated heterocycles. The van der Waals surface area contributed by atoms with E-state index in [2.05, 4.69) is 25.7 Å². The molecule has 1 aromatic carbocycles. The normalized spacial score (nSPS) is 12.5. The lowest BCUT2D eigenvalue weighted by atomic mass is 10.2. The van der Waals surface area contributed by atoms with Gasteiger partial charge in [0.2, 0.25) is 5.91 Å². The van der Waals surface area contributed by atoms with Gasteiger partial charge in [-0.05, 0) is 52.0 Å². The van der Waals surface area contributed by atoms with Crippen LogP contribution in [0.5, 0.6) is 5.75 Å². The number of hydrogen-bond acceptors (Lipinski definition) is 6. The highest BCUT2D eigenvalue weighted by Crippen LogP contribution is 2.28. The van der Waals surface area contributed by atoms with Crippen LogP contribution in [0, 0.1) is 0 Å². The van der Waals surface area contributed by atoms with Gasteiger partial charge >= 0.3 is 12.5 Å². The van der Waals surface area contributed by atoms with E-state index in [1.807, 2.05) is 0 Å². The Morgan fingerprint density at radius 1 is 1.10 bits per heavy atom. The molecule has 1 aromatic heterocycles. The number of pyridine rings is 1. The Labute approximate surface area is 177 Å². The molecule has 2 aromatic rings. The third kappa shape index (κ3) is 8.41. The Morgan fingerprint density at radius 2 is 1.81 bits per heavy atom. The zero-order valence-corrected chi connectivity index (χ0v) is 17.3. The lowest BCUT2D eigenvalue weighted by Crippen LogP contribution is -2.44. The van der Waals surface area contributed by atoms with Gasteiger partial charge in [-0.15, -0.1) is 13.2 Å². The highest BCUT2D eigenvalue weighted by molar-refractivity contribution is 5.98. The van der Waals surface area contributed by atoms with Crippen LogP contribution in [-0.2, 0) is 9.53 Å². The summed E-state index contributed by atoms with van der Waals surface area (Å²) >= 11 is 0. The highest BCUT2D eigenvalue weighted by atomic mass is 19.4. The maximum absolute atomic E-state index is 12.4. The maximum atomic E-state index is 12.4. The molecule has 8 nitrogen and oxygen atoms in total. The van der Waals surface area contributed by atoms with Crippen LogP contribution in [-0.4, -0.2) is 35.0 Å². The van der Waals surface area contributed by atoms with Crippen molar-refractivity contribution in [3.8, 4) is 5.75 Å². The van der Waals surface area contributed by atoms with Crippen molar-refractivity contribution >= 4 is 29.2 Å². The monoisotopic (exact) mass is 440 g/mol. The Morgan fingerprint density at radius 3 is 2.45 bits per heavy atom. The molecule has 0 aliphatic rings. The highest BCUT2D eigenvalue weighted by Gasteiger charge is 2.31. The predicted molar refractivity (Wildman–Crippen MR) is 108 cm³/mol. The maximum Gasteiger partial charge on any atom is 0.573 e. The van der Waals surface area contributed by atoms with Gasteiger partial charge in [0.25, 0.3) is 0 Å². The zero-order valence-electron chi connectivity index (χ0n) is 17.3. The minimum absolute atomic E-state index is 0.185. The number of halogens is 3. The third-order valence-electron chi connectivity index (χ3n) is 3.52. The molecule has 0 aliphatic carbocycles. The van der Waals surface area contributed by atoms with Crippen molar-refractivity contribution in [3.63, 3.8) is 0 Å². The summed E-state index contributed by atoms with van der Waals surface area (Å²) in [6, 6.07) is 7.36. The summed E-state index contributed by atoms with van der Waals surface area (Å²) < 4.78 is 46.3. The molecule has 0 aliphatic heterocycles. The van der Waals surface area contributed by atoms with E-state index >= 15 is 0 Å². The van der Waals surface area contributed by atoms with Crippen LogP contribution in [0.25, 0.3) is 0 Å². The molecule has 1 atom stereocenters. The fraction of sp³-hybridized carbons (Fsp3) is 0.350. The molecule has 0 radical (unpaired) electrons. The molecule has 0 spiro atoms. The van der Waals surface area contributed by atoms with Gasteiger partial charge in [0.1, 0.15) is 17.4 Å². The van der Waals surface area contributed by atoms with E-state index in [9.17, 15) is 22.8 Å². The first-order valence-corrected chi connectivity index (χ1v) is 9.20. The molecule has 2 amide bonds. The van der Waals surface area contributed by atoms with Crippen molar-refractivity contribution < 1.29 is 32.2 Å².